The number of rotatable bonds is 3. The Morgan fingerprint density at radius 2 is 1.83 bits per heavy atom. The van der Waals surface area contributed by atoms with Crippen LogP contribution in [0.4, 0.5) is 9.18 Å². The monoisotopic (exact) mass is 336 g/mol. The van der Waals surface area contributed by atoms with E-state index in [1.165, 1.54) is 6.07 Å². The molecule has 0 atom stereocenters. The fraction of sp³-hybridized carbons (Fsp3) is 0.556. The van der Waals surface area contributed by atoms with Gasteiger partial charge in [-0.1, -0.05) is 19.9 Å². The Morgan fingerprint density at radius 3 is 2.50 bits per heavy atom. The van der Waals surface area contributed by atoms with Gasteiger partial charge in [0.25, 0.3) is 5.91 Å². The van der Waals surface area contributed by atoms with Crippen LogP contribution >= 0.6 is 0 Å². The molecule has 0 N–H and O–H groups in total. The van der Waals surface area contributed by atoms with Gasteiger partial charge in [0.1, 0.15) is 5.82 Å². The quantitative estimate of drug-likeness (QED) is 0.852. The van der Waals surface area contributed by atoms with Crippen molar-refractivity contribution in [3.63, 3.8) is 0 Å². The first kappa shape index (κ1) is 18.2. The molecule has 1 aromatic carbocycles. The van der Waals surface area contributed by atoms with Gasteiger partial charge in [-0.05, 0) is 37.0 Å². The number of carbonyl (C=O) groups is 2. The van der Waals surface area contributed by atoms with Gasteiger partial charge in [0, 0.05) is 31.7 Å². The van der Waals surface area contributed by atoms with E-state index in [4.69, 9.17) is 4.74 Å². The van der Waals surface area contributed by atoms with E-state index in [0.717, 1.165) is 0 Å². The van der Waals surface area contributed by atoms with E-state index in [2.05, 4.69) is 0 Å². The largest absolute Gasteiger partial charge is 0.449 e. The summed E-state index contributed by atoms with van der Waals surface area (Å²) in [5, 5.41) is 0. The average Bonchev–Trinajstić information content (AvgIpc) is 2.80. The summed E-state index contributed by atoms with van der Waals surface area (Å²) in [4.78, 5) is 27.9. The number of amides is 2. The van der Waals surface area contributed by atoms with Crippen molar-refractivity contribution in [1.29, 1.82) is 0 Å². The van der Waals surface area contributed by atoms with Crippen LogP contribution in [0.5, 0.6) is 0 Å². The number of ether oxygens (including phenoxy) is 1. The van der Waals surface area contributed by atoms with Gasteiger partial charge in [0.15, 0.2) is 0 Å². The summed E-state index contributed by atoms with van der Waals surface area (Å²) in [6, 6.07) is 4.52. The molecule has 5 nitrogen and oxygen atoms in total. The second kappa shape index (κ2) is 8.13. The number of halogens is 1. The van der Waals surface area contributed by atoms with Crippen LogP contribution < -0.4 is 0 Å². The van der Waals surface area contributed by atoms with Gasteiger partial charge >= 0.3 is 6.09 Å². The first-order valence-electron chi connectivity index (χ1n) is 8.35. The molecule has 0 aromatic heterocycles. The highest BCUT2D eigenvalue weighted by Gasteiger charge is 2.24. The third-order valence-corrected chi connectivity index (χ3v) is 4.00. The van der Waals surface area contributed by atoms with Crippen LogP contribution in [0, 0.1) is 18.7 Å². The van der Waals surface area contributed by atoms with Gasteiger partial charge < -0.3 is 14.5 Å². The molecule has 1 saturated heterocycles. The topological polar surface area (TPSA) is 49.9 Å². The number of nitrogens with zero attached hydrogens (tertiary/aromatic N) is 2. The molecule has 6 heteroatoms. The Balaban J connectivity index is 1.95. The van der Waals surface area contributed by atoms with Gasteiger partial charge in [-0.2, -0.15) is 0 Å². The van der Waals surface area contributed by atoms with E-state index in [9.17, 15) is 14.0 Å². The van der Waals surface area contributed by atoms with Crippen LogP contribution in [0.3, 0.4) is 0 Å². The summed E-state index contributed by atoms with van der Waals surface area (Å²) < 4.78 is 18.9. The maximum atomic E-state index is 13.7. The lowest BCUT2D eigenvalue weighted by Crippen LogP contribution is -2.38. The van der Waals surface area contributed by atoms with Crippen molar-refractivity contribution in [2.75, 3.05) is 32.8 Å². The lowest BCUT2D eigenvalue weighted by molar-refractivity contribution is 0.0746. The van der Waals surface area contributed by atoms with Crippen molar-refractivity contribution in [1.82, 2.24) is 9.80 Å². The van der Waals surface area contributed by atoms with Gasteiger partial charge in [-0.25, -0.2) is 9.18 Å². The van der Waals surface area contributed by atoms with Crippen LogP contribution in [0.1, 0.15) is 36.2 Å². The summed E-state index contributed by atoms with van der Waals surface area (Å²) in [7, 11) is 0. The zero-order valence-electron chi connectivity index (χ0n) is 14.5. The molecule has 1 aliphatic heterocycles. The number of aryl methyl sites for hydroxylation is 1. The van der Waals surface area contributed by atoms with Crippen molar-refractivity contribution in [3.8, 4) is 0 Å². The van der Waals surface area contributed by atoms with Crippen molar-refractivity contribution >= 4 is 12.0 Å². The maximum Gasteiger partial charge on any atom is 0.409 e. The minimum atomic E-state index is -0.380. The molecular weight excluding hydrogens is 311 g/mol. The van der Waals surface area contributed by atoms with Crippen molar-refractivity contribution in [3.05, 3.63) is 35.1 Å². The lowest BCUT2D eigenvalue weighted by atomic mass is 10.1. The summed E-state index contributed by atoms with van der Waals surface area (Å²) in [6.07, 6.45) is 0.344. The Bertz CT molecular complexity index is 604. The molecule has 0 spiro atoms. The highest BCUT2D eigenvalue weighted by molar-refractivity contribution is 5.94. The Kier molecular flexibility index (Phi) is 6.17. The maximum absolute atomic E-state index is 13.7. The van der Waals surface area contributed by atoms with Crippen molar-refractivity contribution in [2.24, 2.45) is 5.92 Å². The van der Waals surface area contributed by atoms with Gasteiger partial charge in [0.05, 0.1) is 6.61 Å². The SMILES string of the molecule is Cc1ccc(C(=O)N2CCCN(C(=O)OCC(C)C)CC2)cc1F. The standard InChI is InChI=1S/C18H25FN2O3/c1-13(2)12-24-18(23)21-8-4-7-20(9-10-21)17(22)15-6-5-14(3)16(19)11-15/h5-6,11,13H,4,7-10,12H2,1-3H3. The molecule has 2 amide bonds. The summed E-state index contributed by atoms with van der Waals surface area (Å²) >= 11 is 0. The van der Waals surface area contributed by atoms with E-state index in [1.54, 1.807) is 28.9 Å². The van der Waals surface area contributed by atoms with Crippen LogP contribution in [0.2, 0.25) is 0 Å². The van der Waals surface area contributed by atoms with Crippen molar-refractivity contribution < 1.29 is 18.7 Å². The zero-order valence-corrected chi connectivity index (χ0v) is 14.5. The lowest BCUT2D eigenvalue weighted by Gasteiger charge is -2.22. The summed E-state index contributed by atoms with van der Waals surface area (Å²) in [6.45, 7) is 7.97. The number of carbonyl (C=O) groups excluding carboxylic acids is 2. The molecule has 1 aliphatic rings. The molecule has 0 bridgehead atoms. The minimum Gasteiger partial charge on any atom is -0.449 e. The highest BCUT2D eigenvalue weighted by Crippen LogP contribution is 2.14. The highest BCUT2D eigenvalue weighted by atomic mass is 19.1. The van der Waals surface area contributed by atoms with Gasteiger partial charge in [-0.15, -0.1) is 0 Å². The first-order chi connectivity index (χ1) is 11.4. The molecule has 0 unspecified atom stereocenters. The molecular formula is C18H25FN2O3. The van der Waals surface area contributed by atoms with Crippen LogP contribution in [0.25, 0.3) is 0 Å². The summed E-state index contributed by atoms with van der Waals surface area (Å²) in [5.41, 5.74) is 0.857. The minimum absolute atomic E-state index is 0.203. The normalized spacial score (nSPS) is 15.4. The second-order valence-corrected chi connectivity index (χ2v) is 6.57. The summed E-state index contributed by atoms with van der Waals surface area (Å²) in [5.74, 6) is -0.295. The Labute approximate surface area is 142 Å². The van der Waals surface area contributed by atoms with E-state index in [1.807, 2.05) is 13.8 Å². The molecule has 24 heavy (non-hydrogen) atoms. The van der Waals surface area contributed by atoms with E-state index in [0.29, 0.717) is 50.3 Å². The van der Waals surface area contributed by atoms with Gasteiger partial charge in [-0.3, -0.25) is 4.79 Å². The third-order valence-electron chi connectivity index (χ3n) is 4.00. The predicted molar refractivity (Wildman–Crippen MR) is 89.4 cm³/mol. The zero-order chi connectivity index (χ0) is 17.7. The number of hydrogen-bond acceptors (Lipinski definition) is 3. The van der Waals surface area contributed by atoms with Crippen LogP contribution in [-0.2, 0) is 4.74 Å². The van der Waals surface area contributed by atoms with Gasteiger partial charge in [0.2, 0.25) is 0 Å². The Hall–Kier alpha value is -2.11. The van der Waals surface area contributed by atoms with E-state index in [-0.39, 0.29) is 23.7 Å². The molecule has 0 saturated carbocycles. The fourth-order valence-corrected chi connectivity index (χ4v) is 2.54. The molecule has 132 valence electrons. The molecule has 1 heterocycles. The smallest absolute Gasteiger partial charge is 0.409 e. The number of hydrogen-bond donors (Lipinski definition) is 0. The molecule has 1 fully saturated rings. The van der Waals surface area contributed by atoms with E-state index < -0.39 is 0 Å². The molecule has 2 rings (SSSR count). The molecule has 0 radical (unpaired) electrons. The predicted octanol–water partition coefficient (Wildman–Crippen LogP) is 3.07. The Morgan fingerprint density at radius 1 is 1.17 bits per heavy atom. The molecule has 1 aromatic rings. The van der Waals surface area contributed by atoms with Crippen molar-refractivity contribution in [2.45, 2.75) is 27.2 Å². The number of benzene rings is 1. The first-order valence-corrected chi connectivity index (χ1v) is 8.35. The second-order valence-electron chi connectivity index (χ2n) is 6.57. The third kappa shape index (κ3) is 4.69. The fourth-order valence-electron chi connectivity index (χ4n) is 2.54. The average molecular weight is 336 g/mol. The van der Waals surface area contributed by atoms with Crippen LogP contribution in [-0.4, -0.2) is 54.6 Å². The van der Waals surface area contributed by atoms with Crippen LogP contribution in [0.15, 0.2) is 18.2 Å². The van der Waals surface area contributed by atoms with E-state index >= 15 is 0 Å². The molecule has 0 aliphatic carbocycles.